The molecule has 0 aliphatic carbocycles. The fourth-order valence-electron chi connectivity index (χ4n) is 1.01. The number of rotatable bonds is 3. The summed E-state index contributed by atoms with van der Waals surface area (Å²) in [5.41, 5.74) is 6.97. The van der Waals surface area contributed by atoms with Gasteiger partial charge in [-0.05, 0) is 40.3 Å². The van der Waals surface area contributed by atoms with Crippen LogP contribution in [0.1, 0.15) is 11.6 Å². The van der Waals surface area contributed by atoms with Crippen molar-refractivity contribution in [1.82, 2.24) is 0 Å². The SMILES string of the molecule is COC[C@H](N)c1cccc(I)c1. The minimum absolute atomic E-state index is 0.00952. The lowest BCUT2D eigenvalue weighted by molar-refractivity contribution is 0.181. The maximum Gasteiger partial charge on any atom is 0.0655 e. The molecule has 1 rings (SSSR count). The molecule has 0 saturated carbocycles. The van der Waals surface area contributed by atoms with E-state index < -0.39 is 0 Å². The second kappa shape index (κ2) is 4.79. The van der Waals surface area contributed by atoms with Gasteiger partial charge in [-0.25, -0.2) is 0 Å². The van der Waals surface area contributed by atoms with Crippen molar-refractivity contribution in [3.05, 3.63) is 33.4 Å². The van der Waals surface area contributed by atoms with Gasteiger partial charge in [0.1, 0.15) is 0 Å². The predicted octanol–water partition coefficient (Wildman–Crippen LogP) is 1.94. The van der Waals surface area contributed by atoms with Crippen LogP contribution >= 0.6 is 22.6 Å². The lowest BCUT2D eigenvalue weighted by atomic mass is 10.1. The molecule has 0 bridgehead atoms. The predicted molar refractivity (Wildman–Crippen MR) is 58.0 cm³/mol. The van der Waals surface area contributed by atoms with Crippen molar-refractivity contribution in [1.29, 1.82) is 0 Å². The van der Waals surface area contributed by atoms with Crippen molar-refractivity contribution in [3.8, 4) is 0 Å². The van der Waals surface area contributed by atoms with E-state index in [1.165, 1.54) is 3.57 Å². The van der Waals surface area contributed by atoms with Crippen molar-refractivity contribution in [3.63, 3.8) is 0 Å². The monoisotopic (exact) mass is 277 g/mol. The van der Waals surface area contributed by atoms with Crippen LogP contribution in [0.5, 0.6) is 0 Å². The Morgan fingerprint density at radius 2 is 2.33 bits per heavy atom. The Labute approximate surface area is 86.2 Å². The molecular formula is C9H12INO. The first-order valence-electron chi connectivity index (χ1n) is 3.74. The molecule has 0 fully saturated rings. The van der Waals surface area contributed by atoms with Gasteiger partial charge in [-0.15, -0.1) is 0 Å². The van der Waals surface area contributed by atoms with Crippen LogP contribution in [-0.2, 0) is 4.74 Å². The van der Waals surface area contributed by atoms with Crippen LogP contribution in [0.4, 0.5) is 0 Å². The molecule has 0 spiro atoms. The van der Waals surface area contributed by atoms with Gasteiger partial charge in [0.2, 0.25) is 0 Å². The zero-order valence-corrected chi connectivity index (χ0v) is 9.11. The van der Waals surface area contributed by atoms with Gasteiger partial charge >= 0.3 is 0 Å². The number of methoxy groups -OCH3 is 1. The molecule has 0 radical (unpaired) electrons. The van der Waals surface area contributed by atoms with E-state index in [1.54, 1.807) is 7.11 Å². The molecule has 1 aromatic carbocycles. The van der Waals surface area contributed by atoms with E-state index in [0.717, 1.165) is 5.56 Å². The Kier molecular flexibility index (Phi) is 3.97. The van der Waals surface area contributed by atoms with Gasteiger partial charge in [-0.1, -0.05) is 12.1 Å². The van der Waals surface area contributed by atoms with Crippen LogP contribution in [0.2, 0.25) is 0 Å². The number of benzene rings is 1. The van der Waals surface area contributed by atoms with Crippen LogP contribution in [0, 0.1) is 3.57 Å². The van der Waals surface area contributed by atoms with E-state index in [9.17, 15) is 0 Å². The van der Waals surface area contributed by atoms with Crippen LogP contribution < -0.4 is 5.73 Å². The lowest BCUT2D eigenvalue weighted by Gasteiger charge is -2.10. The lowest BCUT2D eigenvalue weighted by Crippen LogP contribution is -2.15. The topological polar surface area (TPSA) is 35.2 Å². The molecule has 0 unspecified atom stereocenters. The molecule has 0 aromatic heterocycles. The zero-order valence-electron chi connectivity index (χ0n) is 6.96. The molecule has 1 aromatic rings. The standard InChI is InChI=1S/C9H12INO/c1-12-6-9(11)7-3-2-4-8(10)5-7/h2-5,9H,6,11H2,1H3/t9-/m0/s1. The van der Waals surface area contributed by atoms with Gasteiger partial charge in [0, 0.05) is 10.7 Å². The molecule has 0 heterocycles. The van der Waals surface area contributed by atoms with Gasteiger partial charge in [0.05, 0.1) is 12.6 Å². The molecular weight excluding hydrogens is 265 g/mol. The van der Waals surface area contributed by atoms with Gasteiger partial charge in [-0.3, -0.25) is 0 Å². The van der Waals surface area contributed by atoms with Crippen molar-refractivity contribution in [2.75, 3.05) is 13.7 Å². The molecule has 1 atom stereocenters. The summed E-state index contributed by atoms with van der Waals surface area (Å²) in [6, 6.07) is 8.14. The Hall–Kier alpha value is -0.130. The molecule has 0 amide bonds. The summed E-state index contributed by atoms with van der Waals surface area (Å²) < 4.78 is 6.18. The molecule has 0 aliphatic rings. The van der Waals surface area contributed by atoms with E-state index in [4.69, 9.17) is 10.5 Å². The summed E-state index contributed by atoms with van der Waals surface area (Å²) in [6.45, 7) is 0.570. The van der Waals surface area contributed by atoms with E-state index in [-0.39, 0.29) is 6.04 Å². The maximum absolute atomic E-state index is 5.85. The van der Waals surface area contributed by atoms with Crippen LogP contribution in [0.15, 0.2) is 24.3 Å². The first kappa shape index (κ1) is 9.95. The fraction of sp³-hybridized carbons (Fsp3) is 0.333. The Morgan fingerprint density at radius 1 is 1.58 bits per heavy atom. The van der Waals surface area contributed by atoms with E-state index in [2.05, 4.69) is 28.7 Å². The van der Waals surface area contributed by atoms with Crippen molar-refractivity contribution >= 4 is 22.6 Å². The van der Waals surface area contributed by atoms with Crippen LogP contribution in [0.3, 0.4) is 0 Å². The fourth-order valence-corrected chi connectivity index (χ4v) is 1.58. The summed E-state index contributed by atoms with van der Waals surface area (Å²) in [7, 11) is 1.66. The highest BCUT2D eigenvalue weighted by Gasteiger charge is 2.04. The van der Waals surface area contributed by atoms with Crippen molar-refractivity contribution in [2.24, 2.45) is 5.73 Å². The maximum atomic E-state index is 5.85. The number of hydrogen-bond acceptors (Lipinski definition) is 2. The Bertz CT molecular complexity index is 252. The number of ether oxygens (including phenoxy) is 1. The second-order valence-corrected chi connectivity index (χ2v) is 3.86. The average Bonchev–Trinajstić information content (AvgIpc) is 2.05. The zero-order chi connectivity index (χ0) is 8.97. The van der Waals surface area contributed by atoms with E-state index >= 15 is 0 Å². The summed E-state index contributed by atoms with van der Waals surface area (Å²) in [4.78, 5) is 0. The van der Waals surface area contributed by atoms with Gasteiger partial charge in [0.25, 0.3) is 0 Å². The van der Waals surface area contributed by atoms with E-state index in [0.29, 0.717) is 6.61 Å². The van der Waals surface area contributed by atoms with Crippen LogP contribution in [-0.4, -0.2) is 13.7 Å². The third-order valence-electron chi connectivity index (χ3n) is 1.62. The summed E-state index contributed by atoms with van der Waals surface area (Å²) >= 11 is 2.27. The third kappa shape index (κ3) is 2.73. The minimum atomic E-state index is -0.00952. The molecule has 12 heavy (non-hydrogen) atoms. The van der Waals surface area contributed by atoms with Crippen molar-refractivity contribution in [2.45, 2.75) is 6.04 Å². The first-order chi connectivity index (χ1) is 5.74. The highest BCUT2D eigenvalue weighted by Crippen LogP contribution is 2.13. The average molecular weight is 277 g/mol. The molecule has 2 N–H and O–H groups in total. The molecule has 2 nitrogen and oxygen atoms in total. The highest BCUT2D eigenvalue weighted by atomic mass is 127. The van der Waals surface area contributed by atoms with Crippen molar-refractivity contribution < 1.29 is 4.74 Å². The summed E-state index contributed by atoms with van der Waals surface area (Å²) in [6.07, 6.45) is 0. The highest BCUT2D eigenvalue weighted by molar-refractivity contribution is 14.1. The number of halogens is 1. The van der Waals surface area contributed by atoms with E-state index in [1.807, 2.05) is 18.2 Å². The largest absolute Gasteiger partial charge is 0.383 e. The number of nitrogens with two attached hydrogens (primary N) is 1. The summed E-state index contributed by atoms with van der Waals surface area (Å²) in [5, 5.41) is 0. The number of hydrogen-bond donors (Lipinski definition) is 1. The van der Waals surface area contributed by atoms with Gasteiger partial charge < -0.3 is 10.5 Å². The second-order valence-electron chi connectivity index (χ2n) is 2.62. The molecule has 66 valence electrons. The quantitative estimate of drug-likeness (QED) is 0.857. The first-order valence-corrected chi connectivity index (χ1v) is 4.82. The smallest absolute Gasteiger partial charge is 0.0655 e. The normalized spacial score (nSPS) is 12.9. The molecule has 3 heteroatoms. The molecule has 0 saturated heterocycles. The minimum Gasteiger partial charge on any atom is -0.383 e. The van der Waals surface area contributed by atoms with Gasteiger partial charge in [0.15, 0.2) is 0 Å². The Morgan fingerprint density at radius 3 is 2.92 bits per heavy atom. The third-order valence-corrected chi connectivity index (χ3v) is 2.29. The van der Waals surface area contributed by atoms with Gasteiger partial charge in [-0.2, -0.15) is 0 Å². The molecule has 0 aliphatic heterocycles. The Balaban J connectivity index is 2.73. The van der Waals surface area contributed by atoms with Crippen LogP contribution in [0.25, 0.3) is 0 Å². The summed E-state index contributed by atoms with van der Waals surface area (Å²) in [5.74, 6) is 0.